The minimum Gasteiger partial charge on any atom is -0.411 e. The molecule has 1 heterocycles. The average Bonchev–Trinajstić information content (AvgIpc) is 2.96. The van der Waals surface area contributed by atoms with Crippen LogP contribution in [-0.4, -0.2) is 25.7 Å². The van der Waals surface area contributed by atoms with Crippen LogP contribution >= 0.6 is 11.6 Å². The normalized spacial score (nSPS) is 15.1. The molecule has 0 saturated carbocycles. The minimum absolute atomic E-state index is 0.0837. The number of hydrogen-bond acceptors (Lipinski definition) is 4. The lowest BCUT2D eigenvalue weighted by Crippen LogP contribution is -2.25. The van der Waals surface area contributed by atoms with Gasteiger partial charge in [0.2, 0.25) is 0 Å². The van der Waals surface area contributed by atoms with Crippen molar-refractivity contribution in [1.29, 1.82) is 0 Å². The summed E-state index contributed by atoms with van der Waals surface area (Å²) in [7, 11) is 0. The summed E-state index contributed by atoms with van der Waals surface area (Å²) in [5.74, 6) is 0.0837. The van der Waals surface area contributed by atoms with Crippen molar-refractivity contribution in [1.82, 2.24) is 14.8 Å². The molecule has 106 valence electrons. The molecule has 2 atom stereocenters. The van der Waals surface area contributed by atoms with E-state index in [2.05, 4.69) is 15.2 Å². The van der Waals surface area contributed by atoms with Crippen molar-refractivity contribution in [2.75, 3.05) is 0 Å². The first-order valence-electron chi connectivity index (χ1n) is 6.42. The van der Waals surface area contributed by atoms with Gasteiger partial charge in [-0.2, -0.15) is 5.10 Å². The third-order valence-electron chi connectivity index (χ3n) is 3.34. The Morgan fingerprint density at radius 1 is 1.35 bits per heavy atom. The predicted molar refractivity (Wildman–Crippen MR) is 78.3 cm³/mol. The van der Waals surface area contributed by atoms with Crippen LogP contribution in [0.1, 0.15) is 25.5 Å². The molecule has 0 bridgehead atoms. The summed E-state index contributed by atoms with van der Waals surface area (Å²) in [4.78, 5) is 3.91. The molecule has 20 heavy (non-hydrogen) atoms. The van der Waals surface area contributed by atoms with E-state index in [1.165, 1.54) is 6.33 Å². The largest absolute Gasteiger partial charge is 0.411 e. The highest BCUT2D eigenvalue weighted by Crippen LogP contribution is 2.19. The summed E-state index contributed by atoms with van der Waals surface area (Å²) in [6.07, 6.45) is 3.86. The summed E-state index contributed by atoms with van der Waals surface area (Å²) in [5.41, 5.74) is 1.82. The highest BCUT2D eigenvalue weighted by Gasteiger charge is 2.21. The summed E-state index contributed by atoms with van der Waals surface area (Å²) >= 11 is 5.87. The number of hydrogen-bond donors (Lipinski definition) is 1. The summed E-state index contributed by atoms with van der Waals surface area (Å²) in [6.45, 7) is 3.96. The smallest absolute Gasteiger partial charge is 0.137 e. The van der Waals surface area contributed by atoms with Crippen LogP contribution in [0.3, 0.4) is 0 Å². The molecule has 1 aromatic carbocycles. The van der Waals surface area contributed by atoms with Crippen LogP contribution in [0.4, 0.5) is 0 Å². The van der Waals surface area contributed by atoms with Crippen molar-refractivity contribution in [2.24, 2.45) is 11.1 Å². The van der Waals surface area contributed by atoms with Gasteiger partial charge in [0, 0.05) is 10.9 Å². The molecule has 2 unspecified atom stereocenters. The molecule has 0 spiro atoms. The van der Waals surface area contributed by atoms with Crippen molar-refractivity contribution >= 4 is 17.3 Å². The fourth-order valence-corrected chi connectivity index (χ4v) is 2.35. The van der Waals surface area contributed by atoms with Crippen LogP contribution in [0.5, 0.6) is 0 Å². The zero-order valence-electron chi connectivity index (χ0n) is 11.4. The van der Waals surface area contributed by atoms with Gasteiger partial charge in [0.1, 0.15) is 12.7 Å². The zero-order valence-corrected chi connectivity index (χ0v) is 12.2. The third-order valence-corrected chi connectivity index (χ3v) is 3.59. The summed E-state index contributed by atoms with van der Waals surface area (Å²) in [6, 6.07) is 7.55. The van der Waals surface area contributed by atoms with E-state index < -0.39 is 0 Å². The second-order valence-electron chi connectivity index (χ2n) is 4.81. The van der Waals surface area contributed by atoms with Gasteiger partial charge in [-0.15, -0.1) is 0 Å². The molecule has 0 amide bonds. The van der Waals surface area contributed by atoms with Crippen LogP contribution in [0, 0.1) is 5.92 Å². The fraction of sp³-hybridized carbons (Fsp3) is 0.357. The minimum atomic E-state index is -0.134. The predicted octanol–water partition coefficient (Wildman–Crippen LogP) is 3.20. The Hall–Kier alpha value is -1.88. The maximum absolute atomic E-state index is 9.29. The molecule has 5 nitrogen and oxygen atoms in total. The quantitative estimate of drug-likeness (QED) is 0.523. The fourth-order valence-electron chi connectivity index (χ4n) is 2.23. The van der Waals surface area contributed by atoms with E-state index in [0.29, 0.717) is 10.7 Å². The molecular weight excluding hydrogens is 276 g/mol. The Morgan fingerprint density at radius 2 is 2.05 bits per heavy atom. The summed E-state index contributed by atoms with van der Waals surface area (Å²) < 4.78 is 1.67. The lowest BCUT2D eigenvalue weighted by atomic mass is 9.93. The first-order chi connectivity index (χ1) is 9.61. The Balaban J connectivity index is 2.10. The third kappa shape index (κ3) is 3.36. The number of nitrogens with zero attached hydrogens (tertiary/aromatic N) is 4. The SMILES string of the molecule is CC(Cc1ccc(Cl)cc1)C(=NO)C(C)n1cncn1. The molecule has 2 rings (SSSR count). The van der Waals surface area contributed by atoms with E-state index in [4.69, 9.17) is 11.6 Å². The molecule has 0 radical (unpaired) electrons. The van der Waals surface area contributed by atoms with Crippen LogP contribution in [0.25, 0.3) is 0 Å². The van der Waals surface area contributed by atoms with Crippen molar-refractivity contribution in [3.8, 4) is 0 Å². The molecule has 2 aromatic rings. The van der Waals surface area contributed by atoms with E-state index in [-0.39, 0.29) is 12.0 Å². The first kappa shape index (κ1) is 14.5. The molecule has 6 heteroatoms. The zero-order chi connectivity index (χ0) is 14.5. The van der Waals surface area contributed by atoms with Crippen LogP contribution < -0.4 is 0 Å². The van der Waals surface area contributed by atoms with Gasteiger partial charge in [-0.05, 0) is 31.0 Å². The topological polar surface area (TPSA) is 63.3 Å². The standard InChI is InChI=1S/C14H17ClN4O/c1-10(7-12-3-5-13(15)6-4-12)14(18-20)11(2)19-9-16-8-17-19/h3-6,8-11,20H,7H2,1-2H3. The number of halogens is 1. The molecule has 0 aliphatic rings. The Kier molecular flexibility index (Phi) is 4.74. The highest BCUT2D eigenvalue weighted by atomic mass is 35.5. The van der Waals surface area contributed by atoms with Crippen LogP contribution in [0.2, 0.25) is 5.02 Å². The first-order valence-corrected chi connectivity index (χ1v) is 6.80. The lowest BCUT2D eigenvalue weighted by Gasteiger charge is -2.19. The van der Waals surface area contributed by atoms with E-state index in [0.717, 1.165) is 12.0 Å². The van der Waals surface area contributed by atoms with Crippen molar-refractivity contribution in [3.05, 3.63) is 47.5 Å². The van der Waals surface area contributed by atoms with Crippen molar-refractivity contribution < 1.29 is 5.21 Å². The van der Waals surface area contributed by atoms with Gasteiger partial charge in [0.05, 0.1) is 11.8 Å². The van der Waals surface area contributed by atoms with Gasteiger partial charge >= 0.3 is 0 Å². The van der Waals surface area contributed by atoms with E-state index in [1.54, 1.807) is 11.0 Å². The second-order valence-corrected chi connectivity index (χ2v) is 5.24. The van der Waals surface area contributed by atoms with Gasteiger partial charge < -0.3 is 5.21 Å². The van der Waals surface area contributed by atoms with Crippen LogP contribution in [-0.2, 0) is 6.42 Å². The molecule has 1 aromatic heterocycles. The number of benzene rings is 1. The van der Waals surface area contributed by atoms with Gasteiger partial charge in [-0.1, -0.05) is 35.8 Å². The highest BCUT2D eigenvalue weighted by molar-refractivity contribution is 6.30. The number of rotatable bonds is 5. The molecule has 0 aliphatic carbocycles. The Morgan fingerprint density at radius 3 is 2.60 bits per heavy atom. The number of aromatic nitrogens is 3. The Labute approximate surface area is 122 Å². The Bertz CT molecular complexity index is 565. The van der Waals surface area contributed by atoms with E-state index >= 15 is 0 Å². The van der Waals surface area contributed by atoms with E-state index in [1.807, 2.05) is 38.1 Å². The van der Waals surface area contributed by atoms with Crippen molar-refractivity contribution in [3.63, 3.8) is 0 Å². The number of oxime groups is 1. The average molecular weight is 293 g/mol. The van der Waals surface area contributed by atoms with Gasteiger partial charge in [-0.25, -0.2) is 9.67 Å². The van der Waals surface area contributed by atoms with Crippen LogP contribution in [0.15, 0.2) is 42.1 Å². The second kappa shape index (κ2) is 6.52. The maximum atomic E-state index is 9.29. The molecular formula is C14H17ClN4O. The molecule has 0 fully saturated rings. The maximum Gasteiger partial charge on any atom is 0.137 e. The monoisotopic (exact) mass is 292 g/mol. The molecule has 0 saturated heterocycles. The lowest BCUT2D eigenvalue weighted by molar-refractivity contribution is 0.309. The van der Waals surface area contributed by atoms with Gasteiger partial charge in [0.15, 0.2) is 0 Å². The molecule has 0 aliphatic heterocycles. The van der Waals surface area contributed by atoms with Crippen molar-refractivity contribution in [2.45, 2.75) is 26.3 Å². The molecule has 1 N–H and O–H groups in total. The van der Waals surface area contributed by atoms with E-state index in [9.17, 15) is 5.21 Å². The summed E-state index contributed by atoms with van der Waals surface area (Å²) in [5, 5.41) is 17.6. The van der Waals surface area contributed by atoms with Gasteiger partial charge in [0.25, 0.3) is 0 Å². The van der Waals surface area contributed by atoms with Gasteiger partial charge in [-0.3, -0.25) is 0 Å².